The number of hydrogen-bond acceptors (Lipinski definition) is 4. The number of imide groups is 1. The number of carbonyl (C=O) groups is 4. The highest BCUT2D eigenvalue weighted by Gasteiger charge is 2.62. The van der Waals surface area contributed by atoms with E-state index in [0.29, 0.717) is 0 Å². The molecule has 0 bridgehead atoms. The molecule has 0 aromatic heterocycles. The van der Waals surface area contributed by atoms with Crippen LogP contribution >= 0.6 is 23.2 Å². The molecule has 2 heterocycles. The van der Waals surface area contributed by atoms with E-state index in [4.69, 9.17) is 23.2 Å². The van der Waals surface area contributed by atoms with E-state index in [2.05, 4.69) is 0 Å². The van der Waals surface area contributed by atoms with Gasteiger partial charge in [-0.25, -0.2) is 9.18 Å². The van der Waals surface area contributed by atoms with Crippen molar-refractivity contribution in [2.45, 2.75) is 25.4 Å². The predicted octanol–water partition coefficient (Wildman–Crippen LogP) is 3.63. The van der Waals surface area contributed by atoms with E-state index in [9.17, 15) is 28.7 Å². The summed E-state index contributed by atoms with van der Waals surface area (Å²) in [5.74, 6) is -3.23. The Labute approximate surface area is 198 Å². The van der Waals surface area contributed by atoms with Gasteiger partial charge in [0.05, 0.1) is 18.7 Å². The molecule has 1 saturated heterocycles. The SMILES string of the molecule is CCN1C(=O)N(Cc2cc(Cl)ccc2F)C(=O)C12CC(=O)N(CC(=O)O)c1ccc(Cl)cc12. The van der Waals surface area contributed by atoms with E-state index < -0.39 is 48.1 Å². The number of fused-ring (bicyclic) bond motifs is 2. The van der Waals surface area contributed by atoms with Crippen molar-refractivity contribution < 1.29 is 28.7 Å². The lowest BCUT2D eigenvalue weighted by molar-refractivity contribution is -0.139. The third-order valence-electron chi connectivity index (χ3n) is 5.87. The van der Waals surface area contributed by atoms with Crippen LogP contribution in [0.25, 0.3) is 0 Å². The van der Waals surface area contributed by atoms with Crippen molar-refractivity contribution in [1.82, 2.24) is 9.80 Å². The largest absolute Gasteiger partial charge is 0.480 e. The number of anilines is 1. The Bertz CT molecular complexity index is 1210. The first kappa shape index (κ1) is 23.0. The van der Waals surface area contributed by atoms with E-state index in [1.807, 2.05) is 0 Å². The molecular formula is C22H18Cl2FN3O5. The number of carbonyl (C=O) groups excluding carboxylic acids is 3. The Morgan fingerprint density at radius 1 is 1.09 bits per heavy atom. The number of amides is 4. The number of carboxylic acids is 1. The van der Waals surface area contributed by atoms with Crippen molar-refractivity contribution in [2.75, 3.05) is 18.0 Å². The second-order valence-corrected chi connectivity index (χ2v) is 8.60. The van der Waals surface area contributed by atoms with Crippen molar-refractivity contribution in [3.8, 4) is 0 Å². The summed E-state index contributed by atoms with van der Waals surface area (Å²) in [6, 6.07) is 7.48. The van der Waals surface area contributed by atoms with Gasteiger partial charge in [-0.2, -0.15) is 0 Å². The van der Waals surface area contributed by atoms with E-state index >= 15 is 0 Å². The zero-order chi connectivity index (χ0) is 24.1. The quantitative estimate of drug-likeness (QED) is 0.641. The Balaban J connectivity index is 1.86. The first-order valence-electron chi connectivity index (χ1n) is 9.99. The van der Waals surface area contributed by atoms with Crippen LogP contribution in [0.5, 0.6) is 0 Å². The van der Waals surface area contributed by atoms with Crippen LogP contribution in [0.2, 0.25) is 10.0 Å². The normalized spacial score (nSPS) is 20.1. The van der Waals surface area contributed by atoms with Gasteiger partial charge in [0, 0.05) is 27.7 Å². The van der Waals surface area contributed by atoms with E-state index in [1.54, 1.807) is 6.92 Å². The van der Waals surface area contributed by atoms with Gasteiger partial charge in [0.2, 0.25) is 5.91 Å². The van der Waals surface area contributed by atoms with E-state index in [0.717, 1.165) is 15.9 Å². The number of rotatable bonds is 5. The Morgan fingerprint density at radius 2 is 1.76 bits per heavy atom. The molecule has 0 radical (unpaired) electrons. The summed E-state index contributed by atoms with van der Waals surface area (Å²) in [5, 5.41) is 9.74. The fourth-order valence-electron chi connectivity index (χ4n) is 4.47. The zero-order valence-corrected chi connectivity index (χ0v) is 18.9. The molecule has 2 aromatic rings. The lowest BCUT2D eigenvalue weighted by atomic mass is 9.80. The molecule has 172 valence electrons. The molecule has 1 atom stereocenters. The van der Waals surface area contributed by atoms with Gasteiger partial charge in [0.15, 0.2) is 5.54 Å². The van der Waals surface area contributed by atoms with Crippen molar-refractivity contribution in [3.05, 3.63) is 63.4 Å². The van der Waals surface area contributed by atoms with Gasteiger partial charge in [0.1, 0.15) is 12.4 Å². The Hall–Kier alpha value is -3.17. The highest BCUT2D eigenvalue weighted by molar-refractivity contribution is 6.31. The molecular weight excluding hydrogens is 476 g/mol. The van der Waals surface area contributed by atoms with Crippen molar-refractivity contribution in [3.63, 3.8) is 0 Å². The second-order valence-electron chi connectivity index (χ2n) is 7.73. The summed E-state index contributed by atoms with van der Waals surface area (Å²) < 4.78 is 14.4. The monoisotopic (exact) mass is 493 g/mol. The average molecular weight is 494 g/mol. The maximum atomic E-state index is 14.4. The number of likely N-dealkylation sites (N-methyl/N-ethyl adjacent to an activating group) is 1. The standard InChI is InChI=1S/C22H18Cl2FN3O5/c1-2-28-21(33)27(10-12-7-13(23)3-5-16(12)25)20(32)22(28)9-18(29)26(11-19(30)31)17-6-4-14(24)8-15(17)22/h3-8H,2,9-11H2,1H3,(H,30,31). The number of aliphatic carboxylic acids is 1. The number of hydrogen-bond donors (Lipinski definition) is 1. The molecule has 2 aromatic carbocycles. The molecule has 4 amide bonds. The van der Waals surface area contributed by atoms with Gasteiger partial charge < -0.3 is 14.9 Å². The maximum Gasteiger partial charge on any atom is 0.328 e. The van der Waals surface area contributed by atoms with Gasteiger partial charge in [-0.05, 0) is 43.3 Å². The zero-order valence-electron chi connectivity index (χ0n) is 17.3. The molecule has 1 N–H and O–H groups in total. The predicted molar refractivity (Wildman–Crippen MR) is 117 cm³/mol. The van der Waals surface area contributed by atoms with Crippen LogP contribution in [0.1, 0.15) is 24.5 Å². The molecule has 1 fully saturated rings. The first-order chi connectivity index (χ1) is 15.6. The van der Waals surface area contributed by atoms with Crippen LogP contribution in [0, 0.1) is 5.82 Å². The van der Waals surface area contributed by atoms with Gasteiger partial charge in [0.25, 0.3) is 5.91 Å². The fraction of sp³-hybridized carbons (Fsp3) is 0.273. The Kier molecular flexibility index (Phi) is 5.79. The summed E-state index contributed by atoms with van der Waals surface area (Å²) in [6.07, 6.45) is -0.472. The third kappa shape index (κ3) is 3.61. The van der Waals surface area contributed by atoms with Gasteiger partial charge in [-0.1, -0.05) is 23.2 Å². The molecule has 0 aliphatic carbocycles. The maximum absolute atomic E-state index is 14.4. The van der Waals surface area contributed by atoms with Gasteiger partial charge in [-0.3, -0.25) is 19.3 Å². The highest BCUT2D eigenvalue weighted by atomic mass is 35.5. The molecule has 8 nitrogen and oxygen atoms in total. The minimum absolute atomic E-state index is 0.0401. The Morgan fingerprint density at radius 3 is 2.42 bits per heavy atom. The summed E-state index contributed by atoms with van der Waals surface area (Å²) >= 11 is 12.2. The summed E-state index contributed by atoms with van der Waals surface area (Å²) in [5.41, 5.74) is -1.27. The number of benzene rings is 2. The van der Waals surface area contributed by atoms with E-state index in [1.165, 1.54) is 35.2 Å². The van der Waals surface area contributed by atoms with Crippen LogP contribution in [0.3, 0.4) is 0 Å². The number of halogens is 3. The summed E-state index contributed by atoms with van der Waals surface area (Å²) in [6.45, 7) is 0.715. The van der Waals surface area contributed by atoms with E-state index in [-0.39, 0.29) is 39.9 Å². The van der Waals surface area contributed by atoms with Crippen LogP contribution in [-0.4, -0.2) is 51.8 Å². The topological polar surface area (TPSA) is 98.2 Å². The lowest BCUT2D eigenvalue weighted by Crippen LogP contribution is -2.55. The summed E-state index contributed by atoms with van der Waals surface area (Å²) in [7, 11) is 0. The second kappa shape index (κ2) is 8.31. The van der Waals surface area contributed by atoms with Crippen LogP contribution < -0.4 is 4.90 Å². The third-order valence-corrected chi connectivity index (χ3v) is 6.34. The number of urea groups is 1. The minimum Gasteiger partial charge on any atom is -0.480 e. The molecule has 4 rings (SSSR count). The smallest absolute Gasteiger partial charge is 0.328 e. The minimum atomic E-state index is -1.73. The van der Waals surface area contributed by atoms with Crippen molar-refractivity contribution in [1.29, 1.82) is 0 Å². The number of carboxylic acid groups (broad SMARTS) is 1. The lowest BCUT2D eigenvalue weighted by Gasteiger charge is -2.42. The molecule has 33 heavy (non-hydrogen) atoms. The molecule has 1 spiro atoms. The average Bonchev–Trinajstić information content (AvgIpc) is 2.94. The molecule has 1 unspecified atom stereocenters. The molecule has 0 saturated carbocycles. The van der Waals surface area contributed by atoms with Crippen LogP contribution in [0.4, 0.5) is 14.9 Å². The van der Waals surface area contributed by atoms with Crippen LogP contribution in [0.15, 0.2) is 36.4 Å². The molecule has 2 aliphatic rings. The van der Waals surface area contributed by atoms with Crippen LogP contribution in [-0.2, 0) is 26.5 Å². The highest BCUT2D eigenvalue weighted by Crippen LogP contribution is 2.49. The molecule has 2 aliphatic heterocycles. The number of nitrogens with zero attached hydrogens (tertiary/aromatic N) is 3. The van der Waals surface area contributed by atoms with Crippen molar-refractivity contribution in [2.24, 2.45) is 0 Å². The van der Waals surface area contributed by atoms with Gasteiger partial charge in [-0.15, -0.1) is 0 Å². The fourth-order valence-corrected chi connectivity index (χ4v) is 4.84. The summed E-state index contributed by atoms with van der Waals surface area (Å²) in [4.78, 5) is 54.7. The molecule has 11 heteroatoms. The van der Waals surface area contributed by atoms with Gasteiger partial charge >= 0.3 is 12.0 Å². The van der Waals surface area contributed by atoms with Crippen molar-refractivity contribution >= 4 is 52.7 Å². The first-order valence-corrected chi connectivity index (χ1v) is 10.8.